The summed E-state index contributed by atoms with van der Waals surface area (Å²) in [6.45, 7) is 19.2. The second-order valence-electron chi connectivity index (χ2n) is 5.97. The molecule has 0 fully saturated rings. The van der Waals surface area contributed by atoms with Crippen molar-refractivity contribution in [3.05, 3.63) is 46.3 Å². The van der Waals surface area contributed by atoms with Crippen LogP contribution in [0, 0.1) is 0 Å². The summed E-state index contributed by atoms with van der Waals surface area (Å²) in [6.07, 6.45) is 7.17. The van der Waals surface area contributed by atoms with Crippen LogP contribution in [0.2, 0.25) is 0 Å². The molecule has 0 atom stereocenters. The number of hydrogen-bond donors (Lipinski definition) is 0. The molecule has 0 N–H and O–H groups in total. The smallest absolute Gasteiger partial charge is 0.662 e. The first kappa shape index (κ1) is 34.6. The Hall–Kier alpha value is 0.113. The Bertz CT molecular complexity index is 214. The number of nitrogens with zero attached hydrogens (tertiary/aromatic N) is 3. The van der Waals surface area contributed by atoms with Gasteiger partial charge in [0, 0.05) is 0 Å². The van der Waals surface area contributed by atoms with Gasteiger partial charge in [0.15, 0.2) is 0 Å². The average Bonchev–Trinajstić information content (AvgIpc) is 3.24. The zero-order chi connectivity index (χ0) is 20.1. The summed E-state index contributed by atoms with van der Waals surface area (Å²) in [4.78, 5) is 0. The molecular weight excluding hydrogens is 409 g/mol. The zero-order valence-corrected chi connectivity index (χ0v) is 21.7. The van der Waals surface area contributed by atoms with Gasteiger partial charge in [0.25, 0.3) is 0 Å². The van der Waals surface area contributed by atoms with Crippen molar-refractivity contribution >= 4 is 0 Å². The van der Waals surface area contributed by atoms with Crippen molar-refractivity contribution in [3.63, 3.8) is 0 Å². The fraction of sp³-hybridized carbons (Fsp3) is 0.783. The van der Waals surface area contributed by atoms with Gasteiger partial charge in [-0.1, -0.05) is 80.1 Å². The van der Waals surface area contributed by atoms with E-state index in [1.54, 1.807) is 0 Å². The second kappa shape index (κ2) is 40.7. The predicted octanol–water partition coefficient (Wildman–Crippen LogP) is 7.94. The Kier molecular flexibility index (Phi) is 52.2. The maximum absolute atomic E-state index is 4.21. The SMILES string of the molecule is CCC[N-]CCC.CCC[N-]CCC.CCC[N-]CCC.[Zr+4].c1cc[cH-]c1. The van der Waals surface area contributed by atoms with E-state index in [1.807, 2.05) is 30.3 Å². The molecule has 0 spiro atoms. The molecule has 1 aromatic carbocycles. The molecule has 158 valence electrons. The van der Waals surface area contributed by atoms with Crippen LogP contribution in [0.5, 0.6) is 0 Å². The maximum atomic E-state index is 4.21. The first-order chi connectivity index (χ1) is 12.7. The standard InChI is InChI=1S/3C6H14N.C5H5.Zr/c3*1-3-5-7-6-4-2;1-2-4-5-3-1;/h3*3-6H2,1-2H3;1-5H;/q4*-1;+4. The normalized spacial score (nSPS) is 8.81. The monoisotopic (exact) mass is 455 g/mol. The van der Waals surface area contributed by atoms with E-state index in [0.29, 0.717) is 0 Å². The van der Waals surface area contributed by atoms with Crippen molar-refractivity contribution in [2.75, 3.05) is 39.3 Å². The van der Waals surface area contributed by atoms with Gasteiger partial charge >= 0.3 is 26.2 Å². The summed E-state index contributed by atoms with van der Waals surface area (Å²) in [5, 5.41) is 12.6. The summed E-state index contributed by atoms with van der Waals surface area (Å²) in [5.74, 6) is 0. The predicted molar refractivity (Wildman–Crippen MR) is 123 cm³/mol. The minimum atomic E-state index is 0. The van der Waals surface area contributed by atoms with Crippen LogP contribution in [0.4, 0.5) is 0 Å². The van der Waals surface area contributed by atoms with E-state index in [1.165, 1.54) is 38.5 Å². The third kappa shape index (κ3) is 51.8. The molecule has 1 aromatic rings. The van der Waals surface area contributed by atoms with E-state index in [9.17, 15) is 0 Å². The van der Waals surface area contributed by atoms with Gasteiger partial charge in [-0.2, -0.15) is 18.2 Å². The zero-order valence-electron chi connectivity index (χ0n) is 19.2. The summed E-state index contributed by atoms with van der Waals surface area (Å²) in [6, 6.07) is 10.0. The van der Waals surface area contributed by atoms with Crippen molar-refractivity contribution in [1.29, 1.82) is 0 Å². The molecule has 0 saturated carbocycles. The molecular formula is C23H47N3Zr. The molecule has 1 rings (SSSR count). The van der Waals surface area contributed by atoms with Crippen molar-refractivity contribution in [2.24, 2.45) is 0 Å². The third-order valence-corrected chi connectivity index (χ3v) is 2.85. The van der Waals surface area contributed by atoms with Gasteiger partial charge < -0.3 is 16.0 Å². The molecule has 0 aliphatic carbocycles. The van der Waals surface area contributed by atoms with E-state index in [2.05, 4.69) is 57.5 Å². The molecule has 0 saturated heterocycles. The molecule has 0 unspecified atom stereocenters. The molecule has 0 aliphatic rings. The Labute approximate surface area is 191 Å². The Morgan fingerprint density at radius 2 is 0.704 bits per heavy atom. The van der Waals surface area contributed by atoms with Gasteiger partial charge in [0.2, 0.25) is 0 Å². The summed E-state index contributed by atoms with van der Waals surface area (Å²) >= 11 is 0. The van der Waals surface area contributed by atoms with Crippen LogP contribution in [-0.2, 0) is 26.2 Å². The van der Waals surface area contributed by atoms with Crippen LogP contribution < -0.4 is 0 Å². The Balaban J connectivity index is -0.000000130. The average molecular weight is 457 g/mol. The summed E-state index contributed by atoms with van der Waals surface area (Å²) < 4.78 is 0. The van der Waals surface area contributed by atoms with Gasteiger partial charge in [-0.25, -0.2) is 12.1 Å². The molecule has 0 aliphatic heterocycles. The molecule has 27 heavy (non-hydrogen) atoms. The number of hydrogen-bond acceptors (Lipinski definition) is 0. The van der Waals surface area contributed by atoms with Gasteiger partial charge in [-0.15, -0.1) is 39.3 Å². The van der Waals surface area contributed by atoms with Gasteiger partial charge in [-0.05, 0) is 0 Å². The van der Waals surface area contributed by atoms with Gasteiger partial charge in [0.1, 0.15) is 0 Å². The second-order valence-corrected chi connectivity index (χ2v) is 5.97. The molecule has 3 nitrogen and oxygen atoms in total. The van der Waals surface area contributed by atoms with Crippen LogP contribution in [-0.4, -0.2) is 39.3 Å². The Morgan fingerprint density at radius 3 is 0.815 bits per heavy atom. The topological polar surface area (TPSA) is 42.3 Å². The summed E-state index contributed by atoms with van der Waals surface area (Å²) in [5.41, 5.74) is 0. The van der Waals surface area contributed by atoms with E-state index >= 15 is 0 Å². The van der Waals surface area contributed by atoms with Crippen molar-refractivity contribution in [2.45, 2.75) is 80.1 Å². The summed E-state index contributed by atoms with van der Waals surface area (Å²) in [7, 11) is 0. The minimum absolute atomic E-state index is 0. The van der Waals surface area contributed by atoms with E-state index in [-0.39, 0.29) is 26.2 Å². The fourth-order valence-corrected chi connectivity index (χ4v) is 1.60. The molecule has 0 bridgehead atoms. The molecule has 0 heterocycles. The quantitative estimate of drug-likeness (QED) is 0.226. The first-order valence-corrected chi connectivity index (χ1v) is 10.8. The van der Waals surface area contributed by atoms with Crippen LogP contribution in [0.25, 0.3) is 16.0 Å². The molecule has 0 aromatic heterocycles. The number of rotatable bonds is 12. The maximum Gasteiger partial charge on any atom is 4.00 e. The fourth-order valence-electron chi connectivity index (χ4n) is 1.60. The van der Waals surface area contributed by atoms with Crippen molar-refractivity contribution in [3.8, 4) is 0 Å². The van der Waals surface area contributed by atoms with E-state index in [0.717, 1.165) is 39.3 Å². The molecule has 0 amide bonds. The van der Waals surface area contributed by atoms with E-state index < -0.39 is 0 Å². The van der Waals surface area contributed by atoms with Crippen LogP contribution in [0.3, 0.4) is 0 Å². The van der Waals surface area contributed by atoms with Gasteiger partial charge in [-0.3, -0.25) is 0 Å². The molecule has 4 heteroatoms. The van der Waals surface area contributed by atoms with Crippen LogP contribution in [0.1, 0.15) is 80.1 Å². The van der Waals surface area contributed by atoms with E-state index in [4.69, 9.17) is 0 Å². The third-order valence-electron chi connectivity index (χ3n) is 2.85. The minimum Gasteiger partial charge on any atom is -0.662 e. The van der Waals surface area contributed by atoms with Crippen LogP contribution in [0.15, 0.2) is 30.3 Å². The van der Waals surface area contributed by atoms with Crippen molar-refractivity contribution < 1.29 is 26.2 Å². The molecule has 0 radical (unpaired) electrons. The van der Waals surface area contributed by atoms with Crippen molar-refractivity contribution in [1.82, 2.24) is 0 Å². The first-order valence-electron chi connectivity index (χ1n) is 10.8. The Morgan fingerprint density at radius 1 is 0.481 bits per heavy atom. The van der Waals surface area contributed by atoms with Crippen LogP contribution >= 0.6 is 0 Å². The van der Waals surface area contributed by atoms with Gasteiger partial charge in [0.05, 0.1) is 0 Å². The largest absolute Gasteiger partial charge is 4.00 e.